The fourth-order valence-electron chi connectivity index (χ4n) is 2.44. The zero-order valence-corrected chi connectivity index (χ0v) is 14.8. The third kappa shape index (κ3) is 3.98. The molecule has 0 saturated heterocycles. The fraction of sp³-hybridized carbons (Fsp3) is 0.100. The molecule has 2 N–H and O–H groups in total. The van der Waals surface area contributed by atoms with Crippen molar-refractivity contribution in [2.75, 3.05) is 10.6 Å². The van der Waals surface area contributed by atoms with Crippen LogP contribution in [-0.4, -0.2) is 10.9 Å². The van der Waals surface area contributed by atoms with Crippen LogP contribution < -0.4 is 10.6 Å². The lowest BCUT2D eigenvalue weighted by Gasteiger charge is -2.12. The van der Waals surface area contributed by atoms with E-state index in [1.165, 1.54) is 6.20 Å². The van der Waals surface area contributed by atoms with E-state index < -0.39 is 0 Å². The maximum atomic E-state index is 12.5. The van der Waals surface area contributed by atoms with Crippen molar-refractivity contribution >= 4 is 34.6 Å². The molecular weight excluding hydrogens is 334 g/mol. The third-order valence-corrected chi connectivity index (χ3v) is 4.35. The molecule has 25 heavy (non-hydrogen) atoms. The molecule has 3 rings (SSSR count). The molecule has 0 aliphatic rings. The van der Waals surface area contributed by atoms with Crippen molar-refractivity contribution < 1.29 is 4.79 Å². The predicted molar refractivity (Wildman–Crippen MR) is 103 cm³/mol. The van der Waals surface area contributed by atoms with Crippen LogP contribution in [0.1, 0.15) is 21.5 Å². The standard InChI is InChI=1S/C20H18ClN3O/c1-13-6-3-4-8-18(13)23-16-10-15(11-22-12-16)20(25)24-19-9-5-7-17(21)14(19)2/h3-12,23H,1-2H3,(H,24,25). The number of pyridine rings is 1. The van der Waals surface area contributed by atoms with Crippen LogP contribution >= 0.6 is 11.6 Å². The lowest BCUT2D eigenvalue weighted by molar-refractivity contribution is 0.102. The van der Waals surface area contributed by atoms with Crippen LogP contribution in [0.4, 0.5) is 17.1 Å². The maximum Gasteiger partial charge on any atom is 0.257 e. The molecule has 0 atom stereocenters. The highest BCUT2D eigenvalue weighted by Gasteiger charge is 2.10. The van der Waals surface area contributed by atoms with Crippen molar-refractivity contribution in [1.82, 2.24) is 4.98 Å². The molecule has 5 heteroatoms. The Labute approximate surface area is 151 Å². The Hall–Kier alpha value is -2.85. The highest BCUT2D eigenvalue weighted by molar-refractivity contribution is 6.31. The number of amides is 1. The highest BCUT2D eigenvalue weighted by atomic mass is 35.5. The van der Waals surface area contributed by atoms with Gasteiger partial charge in [-0.1, -0.05) is 35.9 Å². The SMILES string of the molecule is Cc1ccccc1Nc1cncc(C(=O)Nc2cccc(Cl)c2C)c1. The average molecular weight is 352 g/mol. The molecule has 0 saturated carbocycles. The van der Waals surface area contributed by atoms with Crippen LogP contribution in [0, 0.1) is 13.8 Å². The van der Waals surface area contributed by atoms with Crippen LogP contribution in [0.15, 0.2) is 60.9 Å². The third-order valence-electron chi connectivity index (χ3n) is 3.94. The number of hydrogen-bond acceptors (Lipinski definition) is 3. The van der Waals surface area contributed by atoms with E-state index >= 15 is 0 Å². The summed E-state index contributed by atoms with van der Waals surface area (Å²) in [6, 6.07) is 15.1. The molecular formula is C20H18ClN3O. The van der Waals surface area contributed by atoms with E-state index in [0.717, 1.165) is 22.5 Å². The van der Waals surface area contributed by atoms with Crippen molar-refractivity contribution in [2.24, 2.45) is 0 Å². The molecule has 0 unspecified atom stereocenters. The van der Waals surface area contributed by atoms with Crippen LogP contribution in [0.2, 0.25) is 5.02 Å². The van der Waals surface area contributed by atoms with Gasteiger partial charge in [0.2, 0.25) is 0 Å². The zero-order valence-electron chi connectivity index (χ0n) is 14.0. The molecule has 0 aliphatic carbocycles. The van der Waals surface area contributed by atoms with Gasteiger partial charge in [0.1, 0.15) is 0 Å². The normalized spacial score (nSPS) is 10.4. The number of benzene rings is 2. The molecule has 4 nitrogen and oxygen atoms in total. The number of anilines is 3. The van der Waals surface area contributed by atoms with Gasteiger partial charge in [0.15, 0.2) is 0 Å². The number of rotatable bonds is 4. The Morgan fingerprint density at radius 2 is 1.76 bits per heavy atom. The summed E-state index contributed by atoms with van der Waals surface area (Å²) in [7, 11) is 0. The Bertz CT molecular complexity index is 924. The minimum atomic E-state index is -0.230. The predicted octanol–water partition coefficient (Wildman–Crippen LogP) is 5.35. The van der Waals surface area contributed by atoms with Crippen LogP contribution in [0.5, 0.6) is 0 Å². The minimum absolute atomic E-state index is 0.230. The van der Waals surface area contributed by atoms with E-state index in [4.69, 9.17) is 11.6 Å². The summed E-state index contributed by atoms with van der Waals surface area (Å²) in [6.07, 6.45) is 3.23. The second-order valence-corrected chi connectivity index (χ2v) is 6.18. The molecule has 2 aromatic carbocycles. The van der Waals surface area contributed by atoms with Gasteiger partial charge < -0.3 is 10.6 Å². The quantitative estimate of drug-likeness (QED) is 0.666. The lowest BCUT2D eigenvalue weighted by Crippen LogP contribution is -2.13. The monoisotopic (exact) mass is 351 g/mol. The number of hydrogen-bond donors (Lipinski definition) is 2. The topological polar surface area (TPSA) is 54.0 Å². The highest BCUT2D eigenvalue weighted by Crippen LogP contribution is 2.24. The first-order valence-electron chi connectivity index (χ1n) is 7.89. The summed E-state index contributed by atoms with van der Waals surface area (Å²) in [5.74, 6) is -0.230. The van der Waals surface area contributed by atoms with Gasteiger partial charge in [-0.3, -0.25) is 9.78 Å². The van der Waals surface area contributed by atoms with E-state index in [1.54, 1.807) is 24.4 Å². The number of halogens is 1. The summed E-state index contributed by atoms with van der Waals surface area (Å²) in [5.41, 5.74) is 4.84. The number of nitrogens with one attached hydrogen (secondary N) is 2. The van der Waals surface area contributed by atoms with Gasteiger partial charge in [-0.25, -0.2) is 0 Å². The number of aryl methyl sites for hydroxylation is 1. The first-order valence-corrected chi connectivity index (χ1v) is 8.26. The van der Waals surface area contributed by atoms with Crippen molar-refractivity contribution in [3.63, 3.8) is 0 Å². The zero-order chi connectivity index (χ0) is 17.8. The number of aromatic nitrogens is 1. The minimum Gasteiger partial charge on any atom is -0.354 e. The number of para-hydroxylation sites is 1. The van der Waals surface area contributed by atoms with Crippen LogP contribution in [-0.2, 0) is 0 Å². The van der Waals surface area contributed by atoms with Crippen molar-refractivity contribution in [3.05, 3.63) is 82.6 Å². The number of carbonyl (C=O) groups excluding carboxylic acids is 1. The maximum absolute atomic E-state index is 12.5. The number of nitrogens with zero attached hydrogens (tertiary/aromatic N) is 1. The largest absolute Gasteiger partial charge is 0.354 e. The average Bonchev–Trinajstić information content (AvgIpc) is 2.61. The summed E-state index contributed by atoms with van der Waals surface area (Å²) < 4.78 is 0. The van der Waals surface area contributed by atoms with Gasteiger partial charge in [0, 0.05) is 22.6 Å². The Kier molecular flexibility index (Phi) is 5.00. The second-order valence-electron chi connectivity index (χ2n) is 5.77. The van der Waals surface area contributed by atoms with E-state index in [2.05, 4.69) is 15.6 Å². The first kappa shape index (κ1) is 17.0. The Balaban J connectivity index is 1.80. The molecule has 1 aromatic heterocycles. The van der Waals surface area contributed by atoms with Crippen molar-refractivity contribution in [1.29, 1.82) is 0 Å². The van der Waals surface area contributed by atoms with E-state index in [1.807, 2.05) is 44.2 Å². The van der Waals surface area contributed by atoms with Crippen LogP contribution in [0.25, 0.3) is 0 Å². The summed E-state index contributed by atoms with van der Waals surface area (Å²) >= 11 is 6.10. The molecule has 3 aromatic rings. The van der Waals surface area contributed by atoms with E-state index in [9.17, 15) is 4.79 Å². The molecule has 0 spiro atoms. The molecule has 0 bridgehead atoms. The van der Waals surface area contributed by atoms with Gasteiger partial charge in [-0.2, -0.15) is 0 Å². The van der Waals surface area contributed by atoms with Crippen molar-refractivity contribution in [3.8, 4) is 0 Å². The van der Waals surface area contributed by atoms with Gasteiger partial charge in [0.05, 0.1) is 17.4 Å². The molecule has 0 radical (unpaired) electrons. The smallest absolute Gasteiger partial charge is 0.257 e. The van der Waals surface area contributed by atoms with E-state index in [0.29, 0.717) is 16.3 Å². The Morgan fingerprint density at radius 3 is 2.56 bits per heavy atom. The van der Waals surface area contributed by atoms with Crippen molar-refractivity contribution in [2.45, 2.75) is 13.8 Å². The fourth-order valence-corrected chi connectivity index (χ4v) is 2.61. The van der Waals surface area contributed by atoms with Gasteiger partial charge >= 0.3 is 0 Å². The first-order chi connectivity index (χ1) is 12.0. The summed E-state index contributed by atoms with van der Waals surface area (Å²) in [4.78, 5) is 16.7. The Morgan fingerprint density at radius 1 is 1.00 bits per heavy atom. The summed E-state index contributed by atoms with van der Waals surface area (Å²) in [6.45, 7) is 3.89. The van der Waals surface area contributed by atoms with Gasteiger partial charge in [-0.15, -0.1) is 0 Å². The molecule has 126 valence electrons. The lowest BCUT2D eigenvalue weighted by atomic mass is 10.1. The molecule has 0 fully saturated rings. The van der Waals surface area contributed by atoms with Gasteiger partial charge in [-0.05, 0) is 49.2 Å². The second kappa shape index (κ2) is 7.36. The van der Waals surface area contributed by atoms with Gasteiger partial charge in [0.25, 0.3) is 5.91 Å². The number of carbonyl (C=O) groups is 1. The molecule has 1 heterocycles. The van der Waals surface area contributed by atoms with Crippen LogP contribution in [0.3, 0.4) is 0 Å². The summed E-state index contributed by atoms with van der Waals surface area (Å²) in [5, 5.41) is 6.78. The van der Waals surface area contributed by atoms with E-state index in [-0.39, 0.29) is 5.91 Å². The molecule has 1 amide bonds. The molecule has 0 aliphatic heterocycles.